The van der Waals surface area contributed by atoms with Crippen molar-refractivity contribution in [2.45, 2.75) is 45.6 Å². The van der Waals surface area contributed by atoms with Crippen LogP contribution in [0.1, 0.15) is 51.3 Å². The SMILES string of the molecule is CCc1nc(C2CN(c3ccnc(C(C)(C)C)n3)CCO2)n[nH]1. The summed E-state index contributed by atoms with van der Waals surface area (Å²) in [6.45, 7) is 10.5. The van der Waals surface area contributed by atoms with Gasteiger partial charge in [-0.2, -0.15) is 5.10 Å². The Bertz CT molecular complexity index is 663. The molecule has 23 heavy (non-hydrogen) atoms. The number of H-pyrrole nitrogens is 1. The number of rotatable bonds is 3. The predicted octanol–water partition coefficient (Wildman–Crippen LogP) is 2.03. The Hall–Kier alpha value is -2.02. The van der Waals surface area contributed by atoms with Crippen molar-refractivity contribution in [1.82, 2.24) is 25.1 Å². The summed E-state index contributed by atoms with van der Waals surface area (Å²) in [7, 11) is 0. The number of ether oxygens (including phenoxy) is 1. The van der Waals surface area contributed by atoms with Gasteiger partial charge in [-0.3, -0.25) is 5.10 Å². The van der Waals surface area contributed by atoms with Crippen molar-refractivity contribution in [1.29, 1.82) is 0 Å². The molecule has 0 radical (unpaired) electrons. The van der Waals surface area contributed by atoms with Gasteiger partial charge in [0.15, 0.2) is 5.82 Å². The van der Waals surface area contributed by atoms with Gasteiger partial charge in [0.1, 0.15) is 23.6 Å². The predicted molar refractivity (Wildman–Crippen MR) is 87.4 cm³/mol. The highest BCUT2D eigenvalue weighted by molar-refractivity contribution is 5.39. The molecule has 2 aromatic rings. The highest BCUT2D eigenvalue weighted by atomic mass is 16.5. The summed E-state index contributed by atoms with van der Waals surface area (Å²) in [6, 6.07) is 1.95. The number of anilines is 1. The molecule has 1 aliphatic rings. The van der Waals surface area contributed by atoms with Gasteiger partial charge in [-0.05, 0) is 6.07 Å². The number of aromatic nitrogens is 5. The zero-order valence-corrected chi connectivity index (χ0v) is 14.2. The van der Waals surface area contributed by atoms with E-state index in [4.69, 9.17) is 9.72 Å². The van der Waals surface area contributed by atoms with Gasteiger partial charge in [0.2, 0.25) is 0 Å². The van der Waals surface area contributed by atoms with Gasteiger partial charge in [-0.25, -0.2) is 15.0 Å². The van der Waals surface area contributed by atoms with Crippen LogP contribution < -0.4 is 4.90 Å². The van der Waals surface area contributed by atoms with E-state index in [0.29, 0.717) is 13.2 Å². The Kier molecular flexibility index (Phi) is 4.30. The Morgan fingerprint density at radius 1 is 1.35 bits per heavy atom. The van der Waals surface area contributed by atoms with Crippen molar-refractivity contribution in [3.05, 3.63) is 29.7 Å². The van der Waals surface area contributed by atoms with Crippen LogP contribution in [0.4, 0.5) is 5.82 Å². The molecule has 3 heterocycles. The molecule has 7 heteroatoms. The lowest BCUT2D eigenvalue weighted by molar-refractivity contribution is 0.0339. The standard InChI is InChI=1S/C16H24N6O/c1-5-12-18-14(21-20-12)11-10-22(8-9-23-11)13-6-7-17-15(19-13)16(2,3)4/h6-7,11H,5,8-10H2,1-4H3,(H,18,20,21). The van der Waals surface area contributed by atoms with Crippen molar-refractivity contribution >= 4 is 5.82 Å². The van der Waals surface area contributed by atoms with Crippen molar-refractivity contribution in [2.24, 2.45) is 0 Å². The quantitative estimate of drug-likeness (QED) is 0.933. The number of morpholine rings is 1. The molecule has 1 aliphatic heterocycles. The second-order valence-corrected chi connectivity index (χ2v) is 6.79. The monoisotopic (exact) mass is 316 g/mol. The summed E-state index contributed by atoms with van der Waals surface area (Å²) >= 11 is 0. The van der Waals surface area contributed by atoms with Gasteiger partial charge in [0.25, 0.3) is 0 Å². The summed E-state index contributed by atoms with van der Waals surface area (Å²) < 4.78 is 5.84. The first-order valence-corrected chi connectivity index (χ1v) is 8.08. The lowest BCUT2D eigenvalue weighted by Crippen LogP contribution is -2.39. The van der Waals surface area contributed by atoms with Crippen LogP contribution in [-0.4, -0.2) is 44.8 Å². The van der Waals surface area contributed by atoms with Crippen molar-refractivity contribution < 1.29 is 4.74 Å². The largest absolute Gasteiger partial charge is 0.366 e. The van der Waals surface area contributed by atoms with Crippen LogP contribution in [0.25, 0.3) is 0 Å². The van der Waals surface area contributed by atoms with Crippen LogP contribution in [0.5, 0.6) is 0 Å². The number of aromatic amines is 1. The van der Waals surface area contributed by atoms with Crippen LogP contribution in [0.15, 0.2) is 12.3 Å². The van der Waals surface area contributed by atoms with Crippen molar-refractivity contribution in [2.75, 3.05) is 24.6 Å². The second kappa shape index (κ2) is 6.23. The fourth-order valence-electron chi connectivity index (χ4n) is 2.51. The summed E-state index contributed by atoms with van der Waals surface area (Å²) in [5.41, 5.74) is -0.0680. The van der Waals surface area contributed by atoms with E-state index in [-0.39, 0.29) is 11.5 Å². The minimum Gasteiger partial charge on any atom is -0.366 e. The number of nitrogens with zero attached hydrogens (tertiary/aromatic N) is 5. The number of hydrogen-bond acceptors (Lipinski definition) is 6. The molecule has 0 amide bonds. The summed E-state index contributed by atoms with van der Waals surface area (Å²) in [5, 5.41) is 7.23. The molecule has 2 aromatic heterocycles. The Morgan fingerprint density at radius 3 is 2.87 bits per heavy atom. The van der Waals surface area contributed by atoms with Crippen LogP contribution in [0.3, 0.4) is 0 Å². The molecule has 7 nitrogen and oxygen atoms in total. The van der Waals surface area contributed by atoms with Crippen LogP contribution in [0.2, 0.25) is 0 Å². The molecule has 1 atom stereocenters. The Morgan fingerprint density at radius 2 is 2.17 bits per heavy atom. The molecule has 1 unspecified atom stereocenters. The number of hydrogen-bond donors (Lipinski definition) is 1. The minimum atomic E-state index is -0.131. The Balaban J connectivity index is 1.78. The molecule has 1 N–H and O–H groups in total. The van der Waals surface area contributed by atoms with Gasteiger partial charge in [-0.15, -0.1) is 0 Å². The number of nitrogens with one attached hydrogen (secondary N) is 1. The van der Waals surface area contributed by atoms with E-state index in [1.165, 1.54) is 0 Å². The van der Waals surface area contributed by atoms with E-state index in [1.54, 1.807) is 0 Å². The molecule has 1 fully saturated rings. The third-order valence-corrected chi connectivity index (χ3v) is 3.87. The average Bonchev–Trinajstić information content (AvgIpc) is 3.03. The summed E-state index contributed by atoms with van der Waals surface area (Å²) in [5.74, 6) is 3.39. The number of aryl methyl sites for hydroxylation is 1. The minimum absolute atomic E-state index is 0.0680. The van der Waals surface area contributed by atoms with Gasteiger partial charge < -0.3 is 9.64 Å². The second-order valence-electron chi connectivity index (χ2n) is 6.79. The molecule has 0 aliphatic carbocycles. The average molecular weight is 316 g/mol. The Labute approximate surface area is 136 Å². The van der Waals surface area contributed by atoms with Crippen LogP contribution in [-0.2, 0) is 16.6 Å². The molecule has 0 saturated carbocycles. The first-order valence-electron chi connectivity index (χ1n) is 8.08. The topological polar surface area (TPSA) is 79.8 Å². The highest BCUT2D eigenvalue weighted by Gasteiger charge is 2.27. The zero-order valence-electron chi connectivity index (χ0n) is 14.2. The van der Waals surface area contributed by atoms with Gasteiger partial charge >= 0.3 is 0 Å². The first kappa shape index (κ1) is 15.9. The molecule has 3 rings (SSSR count). The third kappa shape index (κ3) is 3.50. The smallest absolute Gasteiger partial charge is 0.181 e. The molecule has 0 spiro atoms. The normalized spacial score (nSPS) is 19.1. The van der Waals surface area contributed by atoms with Gasteiger partial charge in [0, 0.05) is 24.6 Å². The molecular formula is C16H24N6O. The van der Waals surface area contributed by atoms with Crippen molar-refractivity contribution in [3.63, 3.8) is 0 Å². The maximum Gasteiger partial charge on any atom is 0.181 e. The van der Waals surface area contributed by atoms with Crippen LogP contribution >= 0.6 is 0 Å². The van der Waals surface area contributed by atoms with Crippen molar-refractivity contribution in [3.8, 4) is 0 Å². The van der Waals surface area contributed by atoms with Gasteiger partial charge in [-0.1, -0.05) is 27.7 Å². The molecule has 0 bridgehead atoms. The van der Waals surface area contributed by atoms with E-state index in [2.05, 4.69) is 45.8 Å². The fourth-order valence-corrected chi connectivity index (χ4v) is 2.51. The summed E-state index contributed by atoms with van der Waals surface area (Å²) in [6.07, 6.45) is 2.54. The lowest BCUT2D eigenvalue weighted by Gasteiger charge is -2.33. The fraction of sp³-hybridized carbons (Fsp3) is 0.625. The molecule has 0 aromatic carbocycles. The van der Waals surface area contributed by atoms with E-state index in [9.17, 15) is 0 Å². The van der Waals surface area contributed by atoms with E-state index < -0.39 is 0 Å². The maximum absolute atomic E-state index is 5.84. The third-order valence-electron chi connectivity index (χ3n) is 3.87. The van der Waals surface area contributed by atoms with E-state index >= 15 is 0 Å². The van der Waals surface area contributed by atoms with Gasteiger partial charge in [0.05, 0.1) is 13.2 Å². The maximum atomic E-state index is 5.84. The molecule has 124 valence electrons. The molecular weight excluding hydrogens is 292 g/mol. The molecule has 1 saturated heterocycles. The highest BCUT2D eigenvalue weighted by Crippen LogP contribution is 2.25. The van der Waals surface area contributed by atoms with Crippen LogP contribution in [0, 0.1) is 0 Å². The first-order chi connectivity index (χ1) is 11.0. The zero-order chi connectivity index (χ0) is 16.4. The van der Waals surface area contributed by atoms with E-state index in [1.807, 2.05) is 19.2 Å². The summed E-state index contributed by atoms with van der Waals surface area (Å²) in [4.78, 5) is 15.8. The lowest BCUT2D eigenvalue weighted by atomic mass is 9.96. The van der Waals surface area contributed by atoms with E-state index in [0.717, 1.165) is 36.3 Å².